The Labute approximate surface area is 108 Å². The second-order valence-electron chi connectivity index (χ2n) is 4.12. The van der Waals surface area contributed by atoms with Crippen LogP contribution in [0.1, 0.15) is 32.3 Å². The molecule has 0 aliphatic carbocycles. The summed E-state index contributed by atoms with van der Waals surface area (Å²) in [5, 5.41) is 14.6. The lowest BCUT2D eigenvalue weighted by Crippen LogP contribution is -2.37. The zero-order valence-electron chi connectivity index (χ0n) is 10.9. The highest BCUT2D eigenvalue weighted by molar-refractivity contribution is 5.80. The molecule has 4 heteroatoms. The minimum Gasteiger partial charge on any atom is -0.376 e. The lowest BCUT2D eigenvalue weighted by atomic mass is 10.2. The minimum atomic E-state index is -0.00643. The van der Waals surface area contributed by atoms with E-state index in [2.05, 4.69) is 30.6 Å². The van der Waals surface area contributed by atoms with Crippen LogP contribution in [0, 0.1) is 11.3 Å². The largest absolute Gasteiger partial charge is 0.376 e. The SMILES string of the molecule is CCC(CC)NC(=O)CNc1ccc(C#N)cc1. The summed E-state index contributed by atoms with van der Waals surface area (Å²) >= 11 is 0. The molecule has 0 heterocycles. The number of anilines is 1. The molecule has 0 radical (unpaired) electrons. The van der Waals surface area contributed by atoms with E-state index in [9.17, 15) is 4.79 Å². The normalized spacial score (nSPS) is 9.89. The molecule has 0 aliphatic heterocycles. The van der Waals surface area contributed by atoms with Crippen LogP contribution in [-0.4, -0.2) is 18.5 Å². The number of rotatable bonds is 6. The first-order chi connectivity index (χ1) is 8.69. The highest BCUT2D eigenvalue weighted by atomic mass is 16.1. The lowest BCUT2D eigenvalue weighted by molar-refractivity contribution is -0.120. The maximum absolute atomic E-state index is 11.6. The van der Waals surface area contributed by atoms with Gasteiger partial charge < -0.3 is 10.6 Å². The van der Waals surface area contributed by atoms with E-state index in [-0.39, 0.29) is 18.5 Å². The zero-order chi connectivity index (χ0) is 13.4. The Balaban J connectivity index is 2.40. The van der Waals surface area contributed by atoms with Gasteiger partial charge in [-0.25, -0.2) is 0 Å². The van der Waals surface area contributed by atoms with E-state index in [1.165, 1.54) is 0 Å². The van der Waals surface area contributed by atoms with Crippen LogP contribution < -0.4 is 10.6 Å². The van der Waals surface area contributed by atoms with Gasteiger partial charge in [0.1, 0.15) is 0 Å². The van der Waals surface area contributed by atoms with E-state index < -0.39 is 0 Å². The molecule has 1 aromatic carbocycles. The van der Waals surface area contributed by atoms with Crippen molar-refractivity contribution in [3.63, 3.8) is 0 Å². The third kappa shape index (κ3) is 4.46. The van der Waals surface area contributed by atoms with Crippen molar-refractivity contribution in [2.24, 2.45) is 0 Å². The Kier molecular flexibility index (Phi) is 5.72. The maximum atomic E-state index is 11.6. The van der Waals surface area contributed by atoms with Crippen molar-refractivity contribution in [1.29, 1.82) is 5.26 Å². The molecular formula is C14H19N3O. The molecule has 1 rings (SSSR count). The number of nitrogens with zero attached hydrogens (tertiary/aromatic N) is 1. The fourth-order valence-corrected chi connectivity index (χ4v) is 1.62. The van der Waals surface area contributed by atoms with Crippen molar-refractivity contribution in [3.8, 4) is 6.07 Å². The monoisotopic (exact) mass is 245 g/mol. The number of carbonyl (C=O) groups excluding carboxylic acids is 1. The number of amides is 1. The first kappa shape index (κ1) is 14.0. The van der Waals surface area contributed by atoms with E-state index in [1.807, 2.05) is 0 Å². The van der Waals surface area contributed by atoms with Crippen LogP contribution in [0.4, 0.5) is 5.69 Å². The van der Waals surface area contributed by atoms with Crippen molar-refractivity contribution in [2.45, 2.75) is 32.7 Å². The summed E-state index contributed by atoms with van der Waals surface area (Å²) in [6.45, 7) is 4.37. The van der Waals surface area contributed by atoms with Gasteiger partial charge in [0.25, 0.3) is 0 Å². The summed E-state index contributed by atoms with van der Waals surface area (Å²) in [5.41, 5.74) is 1.45. The molecule has 1 amide bonds. The predicted octanol–water partition coefficient (Wildman–Crippen LogP) is 2.27. The molecule has 4 nitrogen and oxygen atoms in total. The summed E-state index contributed by atoms with van der Waals surface area (Å²) in [4.78, 5) is 11.6. The molecule has 18 heavy (non-hydrogen) atoms. The molecule has 0 spiro atoms. The first-order valence-electron chi connectivity index (χ1n) is 6.23. The van der Waals surface area contributed by atoms with Gasteiger partial charge in [0.15, 0.2) is 0 Å². The Morgan fingerprint density at radius 1 is 1.28 bits per heavy atom. The number of nitrogens with one attached hydrogen (secondary N) is 2. The molecule has 0 bridgehead atoms. The van der Waals surface area contributed by atoms with Crippen LogP contribution in [-0.2, 0) is 4.79 Å². The molecule has 2 N–H and O–H groups in total. The summed E-state index contributed by atoms with van der Waals surface area (Å²) in [7, 11) is 0. The maximum Gasteiger partial charge on any atom is 0.239 e. The van der Waals surface area contributed by atoms with Crippen LogP contribution in [0.5, 0.6) is 0 Å². The highest BCUT2D eigenvalue weighted by Crippen LogP contribution is 2.08. The summed E-state index contributed by atoms with van der Waals surface area (Å²) in [6.07, 6.45) is 1.89. The Hall–Kier alpha value is -2.02. The van der Waals surface area contributed by atoms with Gasteiger partial charge in [-0.15, -0.1) is 0 Å². The third-order valence-electron chi connectivity index (χ3n) is 2.82. The lowest BCUT2D eigenvalue weighted by Gasteiger charge is -2.15. The first-order valence-corrected chi connectivity index (χ1v) is 6.23. The highest BCUT2D eigenvalue weighted by Gasteiger charge is 2.07. The summed E-state index contributed by atoms with van der Waals surface area (Å²) in [6, 6.07) is 9.34. The third-order valence-corrected chi connectivity index (χ3v) is 2.82. The van der Waals surface area contributed by atoms with Gasteiger partial charge in [0, 0.05) is 11.7 Å². The average Bonchev–Trinajstić information content (AvgIpc) is 2.43. The minimum absolute atomic E-state index is 0.00643. The number of nitriles is 1. The van der Waals surface area contributed by atoms with Gasteiger partial charge >= 0.3 is 0 Å². The van der Waals surface area contributed by atoms with Gasteiger partial charge in [-0.1, -0.05) is 13.8 Å². The van der Waals surface area contributed by atoms with Gasteiger partial charge in [-0.2, -0.15) is 5.26 Å². The van der Waals surface area contributed by atoms with Crippen molar-refractivity contribution < 1.29 is 4.79 Å². The van der Waals surface area contributed by atoms with E-state index in [0.29, 0.717) is 5.56 Å². The van der Waals surface area contributed by atoms with E-state index in [0.717, 1.165) is 18.5 Å². The summed E-state index contributed by atoms with van der Waals surface area (Å²) in [5.74, 6) is -0.00643. The fourth-order valence-electron chi connectivity index (χ4n) is 1.62. The Morgan fingerprint density at radius 2 is 1.89 bits per heavy atom. The van der Waals surface area contributed by atoms with Crippen molar-refractivity contribution >= 4 is 11.6 Å². The van der Waals surface area contributed by atoms with Crippen LogP contribution in [0.15, 0.2) is 24.3 Å². The van der Waals surface area contributed by atoms with Gasteiger partial charge in [0.2, 0.25) is 5.91 Å². The average molecular weight is 245 g/mol. The number of benzene rings is 1. The quantitative estimate of drug-likeness (QED) is 0.808. The molecule has 96 valence electrons. The van der Waals surface area contributed by atoms with E-state index in [4.69, 9.17) is 5.26 Å². The summed E-state index contributed by atoms with van der Waals surface area (Å²) < 4.78 is 0. The van der Waals surface area contributed by atoms with Crippen molar-refractivity contribution in [2.75, 3.05) is 11.9 Å². The van der Waals surface area contributed by atoms with E-state index in [1.54, 1.807) is 24.3 Å². The Morgan fingerprint density at radius 3 is 2.39 bits per heavy atom. The molecule has 0 atom stereocenters. The molecule has 0 fully saturated rings. The second-order valence-corrected chi connectivity index (χ2v) is 4.12. The van der Waals surface area contributed by atoms with Crippen LogP contribution >= 0.6 is 0 Å². The number of hydrogen-bond donors (Lipinski definition) is 2. The molecule has 0 saturated carbocycles. The molecule has 0 aliphatic rings. The zero-order valence-corrected chi connectivity index (χ0v) is 10.9. The standard InChI is InChI=1S/C14H19N3O/c1-3-12(4-2)17-14(18)10-16-13-7-5-11(9-15)6-8-13/h5-8,12,16H,3-4,10H2,1-2H3,(H,17,18). The van der Waals surface area contributed by atoms with Gasteiger partial charge in [-0.3, -0.25) is 4.79 Å². The molecular weight excluding hydrogens is 226 g/mol. The van der Waals surface area contributed by atoms with Crippen LogP contribution in [0.3, 0.4) is 0 Å². The van der Waals surface area contributed by atoms with Crippen molar-refractivity contribution in [1.82, 2.24) is 5.32 Å². The molecule has 0 saturated heterocycles. The van der Waals surface area contributed by atoms with Crippen LogP contribution in [0.2, 0.25) is 0 Å². The van der Waals surface area contributed by atoms with Crippen molar-refractivity contribution in [3.05, 3.63) is 29.8 Å². The van der Waals surface area contributed by atoms with Gasteiger partial charge in [-0.05, 0) is 37.1 Å². The van der Waals surface area contributed by atoms with Crippen LogP contribution in [0.25, 0.3) is 0 Å². The molecule has 0 aromatic heterocycles. The fraction of sp³-hybridized carbons (Fsp3) is 0.429. The second kappa shape index (κ2) is 7.33. The Bertz CT molecular complexity index is 416. The molecule has 0 unspecified atom stereocenters. The van der Waals surface area contributed by atoms with E-state index >= 15 is 0 Å². The number of carbonyl (C=O) groups is 1. The number of hydrogen-bond acceptors (Lipinski definition) is 3. The topological polar surface area (TPSA) is 64.9 Å². The predicted molar refractivity (Wildman–Crippen MR) is 72.2 cm³/mol. The molecule has 1 aromatic rings. The van der Waals surface area contributed by atoms with Gasteiger partial charge in [0.05, 0.1) is 18.2 Å². The smallest absolute Gasteiger partial charge is 0.239 e.